The SMILES string of the molecule is FC(F)C(F)(F)C(F)(F)[CH]C(F)(F)F. The van der Waals surface area contributed by atoms with E-state index in [9.17, 15) is 39.5 Å². The Balaban J connectivity index is 4.78. The largest absolute Gasteiger partial charge is 0.398 e. The first-order chi connectivity index (χ1) is 5.90. The molecule has 0 bridgehead atoms. The monoisotopic (exact) mass is 233 g/mol. The van der Waals surface area contributed by atoms with Crippen molar-refractivity contribution in [3.8, 4) is 0 Å². The lowest BCUT2D eigenvalue weighted by Gasteiger charge is -2.25. The highest BCUT2D eigenvalue weighted by molar-refractivity contribution is 5.01. The van der Waals surface area contributed by atoms with Crippen LogP contribution in [-0.2, 0) is 0 Å². The Hall–Kier alpha value is -0.630. The van der Waals surface area contributed by atoms with Crippen molar-refractivity contribution in [1.82, 2.24) is 0 Å². The highest BCUT2D eigenvalue weighted by atomic mass is 19.4. The molecule has 85 valence electrons. The molecule has 0 saturated carbocycles. The van der Waals surface area contributed by atoms with Gasteiger partial charge in [0.1, 0.15) is 6.42 Å². The van der Waals surface area contributed by atoms with Crippen LogP contribution in [-0.4, -0.2) is 24.4 Å². The highest BCUT2D eigenvalue weighted by Crippen LogP contribution is 2.44. The summed E-state index contributed by atoms with van der Waals surface area (Å²) in [6.07, 6.45) is -12.7. The fraction of sp³-hybridized carbons (Fsp3) is 0.800. The van der Waals surface area contributed by atoms with Crippen LogP contribution >= 0.6 is 0 Å². The van der Waals surface area contributed by atoms with Crippen molar-refractivity contribution in [1.29, 1.82) is 0 Å². The Morgan fingerprint density at radius 1 is 0.786 bits per heavy atom. The lowest BCUT2D eigenvalue weighted by atomic mass is 10.1. The maximum Gasteiger partial charge on any atom is 0.398 e. The fourth-order valence-corrected chi connectivity index (χ4v) is 0.447. The van der Waals surface area contributed by atoms with Crippen molar-refractivity contribution in [3.05, 3.63) is 6.42 Å². The van der Waals surface area contributed by atoms with Gasteiger partial charge in [-0.25, -0.2) is 8.78 Å². The van der Waals surface area contributed by atoms with Crippen LogP contribution in [0.5, 0.6) is 0 Å². The second-order valence-corrected chi connectivity index (χ2v) is 2.23. The molecule has 1 radical (unpaired) electrons. The maximum atomic E-state index is 11.9. The smallest absolute Gasteiger partial charge is 0.203 e. The first-order valence-corrected chi connectivity index (χ1v) is 2.88. The van der Waals surface area contributed by atoms with E-state index in [0.29, 0.717) is 0 Å². The van der Waals surface area contributed by atoms with Crippen LogP contribution in [0.25, 0.3) is 0 Å². The third-order valence-electron chi connectivity index (χ3n) is 1.06. The molecule has 14 heavy (non-hydrogen) atoms. The molecule has 0 aliphatic heterocycles. The summed E-state index contributed by atoms with van der Waals surface area (Å²) < 4.78 is 104. The Kier molecular flexibility index (Phi) is 3.34. The van der Waals surface area contributed by atoms with Gasteiger partial charge < -0.3 is 0 Å². The van der Waals surface area contributed by atoms with Crippen LogP contribution in [0.4, 0.5) is 39.5 Å². The Morgan fingerprint density at radius 2 is 1.14 bits per heavy atom. The Bertz CT molecular complexity index is 190. The topological polar surface area (TPSA) is 0 Å². The van der Waals surface area contributed by atoms with Crippen molar-refractivity contribution in [2.24, 2.45) is 0 Å². The van der Waals surface area contributed by atoms with E-state index >= 15 is 0 Å². The lowest BCUT2D eigenvalue weighted by molar-refractivity contribution is -0.267. The molecular weight excluding hydrogens is 231 g/mol. The van der Waals surface area contributed by atoms with Gasteiger partial charge in [0.15, 0.2) is 0 Å². The minimum absolute atomic E-state index is 2.06. The average molecular weight is 233 g/mol. The maximum absolute atomic E-state index is 11.9. The Morgan fingerprint density at radius 3 is 1.36 bits per heavy atom. The van der Waals surface area contributed by atoms with Crippen LogP contribution in [0.15, 0.2) is 0 Å². The van der Waals surface area contributed by atoms with Crippen molar-refractivity contribution >= 4 is 0 Å². The molecule has 9 heteroatoms. The second kappa shape index (κ2) is 3.50. The molecule has 0 aromatic rings. The number of hydrogen-bond acceptors (Lipinski definition) is 0. The molecular formula is C5H2F9. The van der Waals surface area contributed by atoms with Gasteiger partial charge in [-0.15, -0.1) is 0 Å². The first kappa shape index (κ1) is 13.4. The predicted molar refractivity (Wildman–Crippen MR) is 26.3 cm³/mol. The van der Waals surface area contributed by atoms with Crippen molar-refractivity contribution in [3.63, 3.8) is 0 Å². The lowest BCUT2D eigenvalue weighted by Crippen LogP contribution is -2.49. The molecule has 0 unspecified atom stereocenters. The molecule has 0 aliphatic rings. The highest BCUT2D eigenvalue weighted by Gasteiger charge is 2.66. The van der Waals surface area contributed by atoms with Crippen LogP contribution < -0.4 is 0 Å². The standard InChI is InChI=1S/C5H2F9/c6-2(7)5(13,14)3(8,9)1-4(10,11)12/h1-2H. The quantitative estimate of drug-likeness (QED) is 0.656. The summed E-state index contributed by atoms with van der Waals surface area (Å²) in [7, 11) is 0. The number of halogens is 9. The van der Waals surface area contributed by atoms with Gasteiger partial charge in [-0.2, -0.15) is 30.7 Å². The zero-order valence-electron chi connectivity index (χ0n) is 6.06. The van der Waals surface area contributed by atoms with E-state index in [-0.39, 0.29) is 0 Å². The summed E-state index contributed by atoms with van der Waals surface area (Å²) in [5.74, 6) is -12.0. The normalized spacial score (nSPS) is 15.0. The molecule has 0 aliphatic carbocycles. The fourth-order valence-electron chi connectivity index (χ4n) is 0.447. The molecule has 0 atom stereocenters. The molecule has 0 rings (SSSR count). The van der Waals surface area contributed by atoms with Crippen LogP contribution in [0.2, 0.25) is 0 Å². The zero-order chi connectivity index (χ0) is 11.8. The van der Waals surface area contributed by atoms with Gasteiger partial charge in [0.25, 0.3) is 0 Å². The van der Waals surface area contributed by atoms with Gasteiger partial charge in [0, 0.05) is 0 Å². The molecule has 0 spiro atoms. The summed E-state index contributed by atoms with van der Waals surface area (Å²) in [4.78, 5) is 0. The van der Waals surface area contributed by atoms with Crippen LogP contribution in [0.3, 0.4) is 0 Å². The second-order valence-electron chi connectivity index (χ2n) is 2.23. The summed E-state index contributed by atoms with van der Waals surface area (Å²) >= 11 is 0. The van der Waals surface area contributed by atoms with Crippen molar-refractivity contribution < 1.29 is 39.5 Å². The zero-order valence-corrected chi connectivity index (χ0v) is 6.06. The van der Waals surface area contributed by atoms with Crippen molar-refractivity contribution in [2.45, 2.75) is 24.4 Å². The third-order valence-corrected chi connectivity index (χ3v) is 1.06. The summed E-state index contributed by atoms with van der Waals surface area (Å²) in [6, 6.07) is 0. The van der Waals surface area contributed by atoms with Gasteiger partial charge >= 0.3 is 24.4 Å². The van der Waals surface area contributed by atoms with Gasteiger partial charge in [0.05, 0.1) is 0 Å². The first-order valence-electron chi connectivity index (χ1n) is 2.88. The summed E-state index contributed by atoms with van der Waals surface area (Å²) in [6.45, 7) is 0. The van der Waals surface area contributed by atoms with E-state index < -0.39 is 30.9 Å². The molecule has 0 saturated heterocycles. The van der Waals surface area contributed by atoms with Gasteiger partial charge in [-0.3, -0.25) is 0 Å². The molecule has 0 nitrogen and oxygen atoms in total. The minimum atomic E-state index is -6.04. The minimum Gasteiger partial charge on any atom is -0.203 e. The van der Waals surface area contributed by atoms with E-state index in [0.717, 1.165) is 0 Å². The van der Waals surface area contributed by atoms with E-state index in [2.05, 4.69) is 0 Å². The van der Waals surface area contributed by atoms with Crippen LogP contribution in [0, 0.1) is 6.42 Å². The molecule has 0 fully saturated rings. The molecule has 0 N–H and O–H groups in total. The number of hydrogen-bond donors (Lipinski definition) is 0. The Labute approximate surface area is 71.7 Å². The van der Waals surface area contributed by atoms with Gasteiger partial charge in [-0.05, 0) is 0 Å². The predicted octanol–water partition coefficient (Wildman–Crippen LogP) is 3.29. The molecule has 0 heterocycles. The summed E-state index contributed by atoms with van der Waals surface area (Å²) in [5.41, 5.74) is 0. The molecule has 0 aromatic carbocycles. The third kappa shape index (κ3) is 2.95. The number of rotatable bonds is 3. The van der Waals surface area contributed by atoms with Crippen LogP contribution in [0.1, 0.15) is 0 Å². The summed E-state index contributed by atoms with van der Waals surface area (Å²) in [5, 5.41) is 0. The van der Waals surface area contributed by atoms with Gasteiger partial charge in [0.2, 0.25) is 0 Å². The van der Waals surface area contributed by atoms with Crippen molar-refractivity contribution in [2.75, 3.05) is 0 Å². The van der Waals surface area contributed by atoms with E-state index in [1.807, 2.05) is 0 Å². The average Bonchev–Trinajstić information content (AvgIpc) is 1.80. The van der Waals surface area contributed by atoms with E-state index in [1.54, 1.807) is 0 Å². The van der Waals surface area contributed by atoms with E-state index in [4.69, 9.17) is 0 Å². The van der Waals surface area contributed by atoms with E-state index in [1.165, 1.54) is 0 Å². The number of alkyl halides is 9. The van der Waals surface area contributed by atoms with Gasteiger partial charge in [-0.1, -0.05) is 0 Å². The molecule has 0 aromatic heterocycles. The molecule has 0 amide bonds.